The summed E-state index contributed by atoms with van der Waals surface area (Å²) in [6.45, 7) is 6.07. The fourth-order valence-electron chi connectivity index (χ4n) is 5.26. The quantitative estimate of drug-likeness (QED) is 0.776. The second-order valence-corrected chi connectivity index (χ2v) is 9.37. The highest BCUT2D eigenvalue weighted by Crippen LogP contribution is 2.46. The van der Waals surface area contributed by atoms with Crippen molar-refractivity contribution in [3.05, 3.63) is 42.5 Å². The summed E-state index contributed by atoms with van der Waals surface area (Å²) >= 11 is 0. The van der Waals surface area contributed by atoms with Crippen LogP contribution in [0.4, 0.5) is 10.5 Å². The molecule has 4 rings (SSSR count). The van der Waals surface area contributed by atoms with E-state index in [-0.39, 0.29) is 23.8 Å². The standard InChI is InChI=1S/C23H27N3O3/c1-15-11-22(2,3)14-23(12-15)20(28)26(21(29)25-23)13-19(27)24-18-9-8-16-6-4-5-7-17(16)10-18/h4-10,15H,11-14H2,1-3H3,(H,24,27)(H,25,29). The smallest absolute Gasteiger partial charge is 0.325 e. The van der Waals surface area contributed by atoms with Gasteiger partial charge in [0, 0.05) is 5.69 Å². The van der Waals surface area contributed by atoms with Crippen LogP contribution in [0.25, 0.3) is 10.8 Å². The van der Waals surface area contributed by atoms with Gasteiger partial charge in [-0.2, -0.15) is 0 Å². The highest BCUT2D eigenvalue weighted by Gasteiger charge is 2.56. The number of fused-ring (bicyclic) bond motifs is 1. The number of anilines is 1. The van der Waals surface area contributed by atoms with Crippen molar-refractivity contribution in [2.24, 2.45) is 11.3 Å². The van der Waals surface area contributed by atoms with Gasteiger partial charge in [0.25, 0.3) is 5.91 Å². The molecule has 2 aromatic carbocycles. The van der Waals surface area contributed by atoms with Crippen LogP contribution in [0.1, 0.15) is 40.0 Å². The number of benzene rings is 2. The van der Waals surface area contributed by atoms with Crippen LogP contribution in [0.15, 0.2) is 42.5 Å². The van der Waals surface area contributed by atoms with Gasteiger partial charge in [0.15, 0.2) is 0 Å². The normalized spacial score (nSPS) is 26.0. The summed E-state index contributed by atoms with van der Waals surface area (Å²) in [5.41, 5.74) is -0.284. The summed E-state index contributed by atoms with van der Waals surface area (Å²) in [6, 6.07) is 13.0. The van der Waals surface area contributed by atoms with Crippen LogP contribution in [0.3, 0.4) is 0 Å². The number of nitrogens with one attached hydrogen (secondary N) is 2. The summed E-state index contributed by atoms with van der Waals surface area (Å²) in [5.74, 6) is -0.339. The highest BCUT2D eigenvalue weighted by molar-refractivity contribution is 6.10. The average molecular weight is 393 g/mol. The molecule has 0 radical (unpaired) electrons. The van der Waals surface area contributed by atoms with E-state index in [1.807, 2.05) is 42.5 Å². The number of hydrogen-bond donors (Lipinski definition) is 2. The Morgan fingerprint density at radius 2 is 1.86 bits per heavy atom. The van der Waals surface area contributed by atoms with Gasteiger partial charge in [-0.15, -0.1) is 0 Å². The van der Waals surface area contributed by atoms with Crippen molar-refractivity contribution in [3.63, 3.8) is 0 Å². The Labute approximate surface area is 170 Å². The third-order valence-corrected chi connectivity index (χ3v) is 5.96. The maximum atomic E-state index is 13.2. The van der Waals surface area contributed by atoms with Gasteiger partial charge in [-0.1, -0.05) is 51.1 Å². The van der Waals surface area contributed by atoms with E-state index in [1.54, 1.807) is 0 Å². The molecule has 1 saturated carbocycles. The summed E-state index contributed by atoms with van der Waals surface area (Å²) in [5, 5.41) is 7.80. The summed E-state index contributed by atoms with van der Waals surface area (Å²) in [7, 11) is 0. The zero-order chi connectivity index (χ0) is 20.8. The molecule has 1 heterocycles. The predicted octanol–water partition coefficient (Wildman–Crippen LogP) is 3.92. The van der Waals surface area contributed by atoms with Gasteiger partial charge in [0.05, 0.1) is 0 Å². The molecule has 1 aliphatic carbocycles. The van der Waals surface area contributed by atoms with E-state index in [9.17, 15) is 14.4 Å². The van der Waals surface area contributed by atoms with E-state index in [1.165, 1.54) is 0 Å². The SMILES string of the molecule is CC1CC(C)(C)CC2(C1)NC(=O)N(CC(=O)Nc1ccc3ccccc3c1)C2=O. The molecular formula is C23H27N3O3. The van der Waals surface area contributed by atoms with Crippen LogP contribution < -0.4 is 10.6 Å². The van der Waals surface area contributed by atoms with Crippen molar-refractivity contribution < 1.29 is 14.4 Å². The lowest BCUT2D eigenvalue weighted by Crippen LogP contribution is -2.54. The van der Waals surface area contributed by atoms with Gasteiger partial charge >= 0.3 is 6.03 Å². The number of carbonyl (C=O) groups excluding carboxylic acids is 3. The van der Waals surface area contributed by atoms with Crippen LogP contribution in [0.2, 0.25) is 0 Å². The Hall–Kier alpha value is -2.89. The molecule has 6 nitrogen and oxygen atoms in total. The van der Waals surface area contributed by atoms with Gasteiger partial charge in [-0.05, 0) is 53.5 Å². The predicted molar refractivity (Wildman–Crippen MR) is 112 cm³/mol. The fourth-order valence-corrected chi connectivity index (χ4v) is 5.26. The first kappa shape index (κ1) is 19.4. The van der Waals surface area contributed by atoms with E-state index in [2.05, 4.69) is 31.4 Å². The molecule has 2 aliphatic rings. The van der Waals surface area contributed by atoms with E-state index < -0.39 is 11.6 Å². The van der Waals surface area contributed by atoms with Crippen molar-refractivity contribution >= 4 is 34.3 Å². The lowest BCUT2D eigenvalue weighted by Gasteiger charge is -2.43. The fraction of sp³-hybridized carbons (Fsp3) is 0.435. The molecule has 2 N–H and O–H groups in total. The Morgan fingerprint density at radius 3 is 2.59 bits per heavy atom. The summed E-state index contributed by atoms with van der Waals surface area (Å²) in [6.07, 6.45) is 2.22. The maximum Gasteiger partial charge on any atom is 0.325 e. The molecule has 2 unspecified atom stereocenters. The number of urea groups is 1. The van der Waals surface area contributed by atoms with Crippen molar-refractivity contribution in [1.82, 2.24) is 10.2 Å². The number of hydrogen-bond acceptors (Lipinski definition) is 3. The minimum absolute atomic E-state index is 0.0377. The largest absolute Gasteiger partial charge is 0.325 e. The second-order valence-electron chi connectivity index (χ2n) is 9.37. The van der Waals surface area contributed by atoms with Crippen LogP contribution >= 0.6 is 0 Å². The van der Waals surface area contributed by atoms with Crippen LogP contribution in [0, 0.1) is 11.3 Å². The zero-order valence-electron chi connectivity index (χ0n) is 17.1. The average Bonchev–Trinajstić information content (AvgIpc) is 2.83. The van der Waals surface area contributed by atoms with E-state index in [0.717, 1.165) is 22.1 Å². The van der Waals surface area contributed by atoms with E-state index in [0.29, 0.717) is 24.4 Å². The lowest BCUT2D eigenvalue weighted by atomic mass is 9.64. The first-order valence-corrected chi connectivity index (χ1v) is 10.1. The van der Waals surface area contributed by atoms with Crippen molar-refractivity contribution in [2.75, 3.05) is 11.9 Å². The number of amides is 4. The molecule has 1 spiro atoms. The van der Waals surface area contributed by atoms with Gasteiger partial charge in [-0.3, -0.25) is 14.5 Å². The molecule has 0 bridgehead atoms. The van der Waals surface area contributed by atoms with E-state index in [4.69, 9.17) is 0 Å². The van der Waals surface area contributed by atoms with Crippen molar-refractivity contribution in [3.8, 4) is 0 Å². The minimum atomic E-state index is -0.887. The third-order valence-electron chi connectivity index (χ3n) is 5.96. The Morgan fingerprint density at radius 1 is 1.14 bits per heavy atom. The summed E-state index contributed by atoms with van der Waals surface area (Å²) < 4.78 is 0. The molecule has 2 aromatic rings. The van der Waals surface area contributed by atoms with Crippen LogP contribution in [-0.4, -0.2) is 34.8 Å². The molecule has 29 heavy (non-hydrogen) atoms. The highest BCUT2D eigenvalue weighted by atomic mass is 16.2. The van der Waals surface area contributed by atoms with E-state index >= 15 is 0 Å². The molecule has 6 heteroatoms. The Bertz CT molecular complexity index is 1000. The third kappa shape index (κ3) is 3.71. The Kier molecular flexibility index (Phi) is 4.60. The zero-order valence-corrected chi connectivity index (χ0v) is 17.1. The maximum absolute atomic E-state index is 13.2. The molecule has 0 aromatic heterocycles. The molecular weight excluding hydrogens is 366 g/mol. The van der Waals surface area contributed by atoms with Crippen molar-refractivity contribution in [1.29, 1.82) is 0 Å². The van der Waals surface area contributed by atoms with Crippen LogP contribution in [0.5, 0.6) is 0 Å². The van der Waals surface area contributed by atoms with Crippen LogP contribution in [-0.2, 0) is 9.59 Å². The number of carbonyl (C=O) groups is 3. The van der Waals surface area contributed by atoms with Crippen molar-refractivity contribution in [2.45, 2.75) is 45.6 Å². The molecule has 1 aliphatic heterocycles. The Balaban J connectivity index is 1.48. The first-order valence-electron chi connectivity index (χ1n) is 10.1. The number of imide groups is 1. The van der Waals surface area contributed by atoms with Gasteiger partial charge in [0.2, 0.25) is 5.91 Å². The molecule has 2 fully saturated rings. The van der Waals surface area contributed by atoms with Gasteiger partial charge in [0.1, 0.15) is 12.1 Å². The molecule has 4 amide bonds. The molecule has 152 valence electrons. The summed E-state index contributed by atoms with van der Waals surface area (Å²) in [4.78, 5) is 39.3. The van der Waals surface area contributed by atoms with Gasteiger partial charge < -0.3 is 10.6 Å². The molecule has 1 saturated heterocycles. The topological polar surface area (TPSA) is 78.5 Å². The number of nitrogens with zero attached hydrogens (tertiary/aromatic N) is 1. The van der Waals surface area contributed by atoms with Gasteiger partial charge in [-0.25, -0.2) is 4.79 Å². The second kappa shape index (κ2) is 6.87. The molecule has 2 atom stereocenters. The first-order chi connectivity index (χ1) is 13.7. The lowest BCUT2D eigenvalue weighted by molar-refractivity contribution is -0.136. The monoisotopic (exact) mass is 393 g/mol. The minimum Gasteiger partial charge on any atom is -0.325 e. The number of rotatable bonds is 3.